The maximum absolute atomic E-state index is 12.4. The summed E-state index contributed by atoms with van der Waals surface area (Å²) >= 11 is 0. The first kappa shape index (κ1) is 18.2. The molecule has 1 N–H and O–H groups in total. The number of aromatic nitrogens is 2. The molecule has 2 rings (SSSR count). The van der Waals surface area contributed by atoms with Gasteiger partial charge in [0.25, 0.3) is 0 Å². The summed E-state index contributed by atoms with van der Waals surface area (Å²) in [6.07, 6.45) is 0.371. The number of benzene rings is 1. The molecular formula is C20H29N3O. The molecule has 0 bridgehead atoms. The van der Waals surface area contributed by atoms with Crippen LogP contribution in [0.3, 0.4) is 0 Å². The zero-order chi connectivity index (χ0) is 18.1. The minimum Gasteiger partial charge on any atom is -0.349 e. The van der Waals surface area contributed by atoms with Gasteiger partial charge in [0.15, 0.2) is 0 Å². The number of hydrogen-bond donors (Lipinski definition) is 1. The summed E-state index contributed by atoms with van der Waals surface area (Å²) in [5.41, 5.74) is 5.55. The molecule has 0 saturated carbocycles. The number of rotatable bonds is 4. The van der Waals surface area contributed by atoms with Gasteiger partial charge in [-0.15, -0.1) is 0 Å². The van der Waals surface area contributed by atoms with Crippen molar-refractivity contribution in [1.29, 1.82) is 0 Å². The van der Waals surface area contributed by atoms with Crippen LogP contribution in [0.5, 0.6) is 0 Å². The fraction of sp³-hybridized carbons (Fsp3) is 0.500. The minimum atomic E-state index is -0.0104. The Bertz CT molecular complexity index is 721. The number of hydrogen-bond acceptors (Lipinski definition) is 2. The van der Waals surface area contributed by atoms with Gasteiger partial charge in [0.2, 0.25) is 5.91 Å². The molecule has 0 saturated heterocycles. The van der Waals surface area contributed by atoms with E-state index in [1.165, 1.54) is 5.56 Å². The van der Waals surface area contributed by atoms with E-state index in [9.17, 15) is 4.79 Å². The second kappa shape index (κ2) is 6.80. The number of nitrogens with zero attached hydrogens (tertiary/aromatic N) is 2. The van der Waals surface area contributed by atoms with Gasteiger partial charge in [0.1, 0.15) is 0 Å². The van der Waals surface area contributed by atoms with Crippen LogP contribution in [-0.2, 0) is 23.7 Å². The Labute approximate surface area is 145 Å². The SMILES string of the molecule is Cc1nn(C)c(C)c1CC(=O)NC(C)c1ccc(C(C)(C)C)cc1. The van der Waals surface area contributed by atoms with E-state index in [0.29, 0.717) is 6.42 Å². The number of carbonyl (C=O) groups excluding carboxylic acids is 1. The van der Waals surface area contributed by atoms with Crippen molar-refractivity contribution in [3.63, 3.8) is 0 Å². The first-order valence-corrected chi connectivity index (χ1v) is 8.48. The first-order valence-electron chi connectivity index (χ1n) is 8.48. The van der Waals surface area contributed by atoms with E-state index in [1.54, 1.807) is 0 Å². The second-order valence-corrected chi connectivity index (χ2v) is 7.61. The normalized spacial score (nSPS) is 13.0. The maximum atomic E-state index is 12.4. The molecule has 0 aliphatic rings. The van der Waals surface area contributed by atoms with Crippen LogP contribution in [0.25, 0.3) is 0 Å². The van der Waals surface area contributed by atoms with Crippen LogP contribution in [0.15, 0.2) is 24.3 Å². The van der Waals surface area contributed by atoms with Crippen LogP contribution in [0.2, 0.25) is 0 Å². The molecule has 1 amide bonds. The third-order valence-electron chi connectivity index (χ3n) is 4.65. The molecule has 130 valence electrons. The molecule has 0 fully saturated rings. The Morgan fingerprint density at radius 2 is 1.79 bits per heavy atom. The van der Waals surface area contributed by atoms with E-state index in [0.717, 1.165) is 22.5 Å². The minimum absolute atomic E-state index is 0.0104. The predicted octanol–water partition coefficient (Wildman–Crippen LogP) is 3.75. The lowest BCUT2D eigenvalue weighted by molar-refractivity contribution is -0.121. The van der Waals surface area contributed by atoms with E-state index in [-0.39, 0.29) is 17.4 Å². The predicted molar refractivity (Wildman–Crippen MR) is 98.1 cm³/mol. The molecule has 1 unspecified atom stereocenters. The molecule has 0 radical (unpaired) electrons. The fourth-order valence-electron chi connectivity index (χ4n) is 2.88. The Balaban J connectivity index is 2.03. The van der Waals surface area contributed by atoms with Gasteiger partial charge < -0.3 is 5.32 Å². The lowest BCUT2D eigenvalue weighted by Gasteiger charge is -2.20. The number of aryl methyl sites for hydroxylation is 2. The van der Waals surface area contributed by atoms with E-state index in [1.807, 2.05) is 32.5 Å². The molecule has 4 heteroatoms. The van der Waals surface area contributed by atoms with Gasteiger partial charge >= 0.3 is 0 Å². The van der Waals surface area contributed by atoms with Crippen molar-refractivity contribution < 1.29 is 4.79 Å². The van der Waals surface area contributed by atoms with E-state index in [2.05, 4.69) is 55.5 Å². The molecule has 1 aromatic heterocycles. The van der Waals surface area contributed by atoms with E-state index >= 15 is 0 Å². The molecule has 0 spiro atoms. The number of amides is 1. The Hall–Kier alpha value is -2.10. The standard InChI is InChI=1S/C20H29N3O/c1-13(16-8-10-17(11-9-16)20(4,5)6)21-19(24)12-18-14(2)22-23(7)15(18)3/h8-11,13H,12H2,1-7H3,(H,21,24). The Kier molecular flexibility index (Phi) is 5.16. The lowest BCUT2D eigenvalue weighted by Crippen LogP contribution is -2.28. The van der Waals surface area contributed by atoms with Crippen LogP contribution < -0.4 is 5.32 Å². The Morgan fingerprint density at radius 3 is 2.25 bits per heavy atom. The zero-order valence-electron chi connectivity index (χ0n) is 15.9. The summed E-state index contributed by atoms with van der Waals surface area (Å²) in [7, 11) is 1.91. The molecular weight excluding hydrogens is 298 g/mol. The van der Waals surface area contributed by atoms with Gasteiger partial charge in [-0.2, -0.15) is 5.10 Å². The van der Waals surface area contributed by atoms with Gasteiger partial charge in [-0.05, 0) is 37.3 Å². The number of carbonyl (C=O) groups is 1. The highest BCUT2D eigenvalue weighted by atomic mass is 16.1. The van der Waals surface area contributed by atoms with Crippen molar-refractivity contribution in [3.05, 3.63) is 52.3 Å². The summed E-state index contributed by atoms with van der Waals surface area (Å²) < 4.78 is 1.83. The topological polar surface area (TPSA) is 46.9 Å². The molecule has 0 aliphatic heterocycles. The van der Waals surface area contributed by atoms with Gasteiger partial charge in [-0.3, -0.25) is 9.48 Å². The quantitative estimate of drug-likeness (QED) is 0.929. The first-order chi connectivity index (χ1) is 11.1. The third-order valence-corrected chi connectivity index (χ3v) is 4.65. The molecule has 1 atom stereocenters. The second-order valence-electron chi connectivity index (χ2n) is 7.61. The summed E-state index contributed by atoms with van der Waals surface area (Å²) in [6, 6.07) is 8.49. The molecule has 1 aromatic carbocycles. The highest BCUT2D eigenvalue weighted by Crippen LogP contribution is 2.24. The van der Waals surface area contributed by atoms with Crippen molar-refractivity contribution in [2.24, 2.45) is 7.05 Å². The van der Waals surface area contributed by atoms with E-state index in [4.69, 9.17) is 0 Å². The zero-order valence-corrected chi connectivity index (χ0v) is 15.9. The maximum Gasteiger partial charge on any atom is 0.225 e. The van der Waals surface area contributed by atoms with Crippen LogP contribution in [0.4, 0.5) is 0 Å². The summed E-state index contributed by atoms with van der Waals surface area (Å²) in [4.78, 5) is 12.4. The summed E-state index contributed by atoms with van der Waals surface area (Å²) in [6.45, 7) is 12.6. The molecule has 2 aromatic rings. The van der Waals surface area contributed by atoms with E-state index < -0.39 is 0 Å². The highest BCUT2D eigenvalue weighted by Gasteiger charge is 2.17. The number of nitrogens with one attached hydrogen (secondary N) is 1. The van der Waals surface area contributed by atoms with Crippen LogP contribution in [-0.4, -0.2) is 15.7 Å². The van der Waals surface area contributed by atoms with Crippen LogP contribution >= 0.6 is 0 Å². The van der Waals surface area contributed by atoms with Gasteiger partial charge in [-0.25, -0.2) is 0 Å². The van der Waals surface area contributed by atoms with Crippen molar-refractivity contribution in [1.82, 2.24) is 15.1 Å². The van der Waals surface area contributed by atoms with Crippen LogP contribution in [0, 0.1) is 13.8 Å². The van der Waals surface area contributed by atoms with Gasteiger partial charge in [-0.1, -0.05) is 45.0 Å². The average Bonchev–Trinajstić information content (AvgIpc) is 2.73. The van der Waals surface area contributed by atoms with Gasteiger partial charge in [0.05, 0.1) is 18.2 Å². The van der Waals surface area contributed by atoms with Gasteiger partial charge in [0, 0.05) is 18.3 Å². The Morgan fingerprint density at radius 1 is 1.21 bits per heavy atom. The van der Waals surface area contributed by atoms with Crippen molar-refractivity contribution in [2.45, 2.75) is 59.4 Å². The van der Waals surface area contributed by atoms with Crippen LogP contribution in [0.1, 0.15) is 61.8 Å². The lowest BCUT2D eigenvalue weighted by atomic mass is 9.86. The summed E-state index contributed by atoms with van der Waals surface area (Å²) in [5, 5.41) is 7.46. The summed E-state index contributed by atoms with van der Waals surface area (Å²) in [5.74, 6) is 0.0293. The average molecular weight is 327 g/mol. The fourth-order valence-corrected chi connectivity index (χ4v) is 2.88. The highest BCUT2D eigenvalue weighted by molar-refractivity contribution is 5.79. The molecule has 1 heterocycles. The monoisotopic (exact) mass is 327 g/mol. The smallest absolute Gasteiger partial charge is 0.225 e. The molecule has 0 aliphatic carbocycles. The van der Waals surface area contributed by atoms with Crippen molar-refractivity contribution in [3.8, 4) is 0 Å². The largest absolute Gasteiger partial charge is 0.349 e. The van der Waals surface area contributed by atoms with Crippen molar-refractivity contribution >= 4 is 5.91 Å². The van der Waals surface area contributed by atoms with Crippen molar-refractivity contribution in [2.75, 3.05) is 0 Å². The molecule has 4 nitrogen and oxygen atoms in total. The third kappa shape index (κ3) is 4.05. The molecule has 24 heavy (non-hydrogen) atoms.